The van der Waals surface area contributed by atoms with Crippen LogP contribution in [0.5, 0.6) is 0 Å². The molecule has 0 aliphatic carbocycles. The third-order valence-corrected chi connectivity index (χ3v) is 8.68. The van der Waals surface area contributed by atoms with Crippen LogP contribution in [-0.4, -0.2) is 15.9 Å². The molecule has 1 radical (unpaired) electrons. The molecule has 0 aliphatic rings. The monoisotopic (exact) mass is 795 g/mol. The number of allylic oxidation sites excluding steroid dienone is 2. The second-order valence-corrected chi connectivity index (χ2v) is 14.1. The molecule has 0 saturated carbocycles. The van der Waals surface area contributed by atoms with E-state index < -0.39 is 5.41 Å². The van der Waals surface area contributed by atoms with Gasteiger partial charge in [0.15, 0.2) is 5.78 Å². The number of aliphatic hydroxyl groups excluding tert-OH is 1. The van der Waals surface area contributed by atoms with E-state index in [9.17, 15) is 9.90 Å². The first-order chi connectivity index (χ1) is 21.9. The van der Waals surface area contributed by atoms with Gasteiger partial charge in [0.1, 0.15) is 11.3 Å². The number of benzene rings is 6. The minimum absolute atomic E-state index is 0. The number of ketones is 1. The molecule has 47 heavy (non-hydrogen) atoms. The number of hydrogen-bond acceptors (Lipinski definition) is 4. The third-order valence-electron chi connectivity index (χ3n) is 8.68. The maximum Gasteiger partial charge on any atom is 0.164 e. The summed E-state index contributed by atoms with van der Waals surface area (Å²) in [7, 11) is 0. The quantitative estimate of drug-likeness (QED) is 0.0819. The molecule has 0 fully saturated rings. The zero-order chi connectivity index (χ0) is 32.4. The summed E-state index contributed by atoms with van der Waals surface area (Å²) in [5.74, 6) is 0.104. The van der Waals surface area contributed by atoms with Crippen LogP contribution in [0.4, 0.5) is 0 Å². The predicted molar refractivity (Wildman–Crippen MR) is 192 cm³/mol. The summed E-state index contributed by atoms with van der Waals surface area (Å²) in [5, 5.41) is 20.4. The summed E-state index contributed by atoms with van der Waals surface area (Å²) in [6.45, 7) is 11.1. The van der Waals surface area contributed by atoms with E-state index in [1.165, 1.54) is 33.0 Å². The van der Waals surface area contributed by atoms with Gasteiger partial charge in [-0.2, -0.15) is 0 Å². The summed E-state index contributed by atoms with van der Waals surface area (Å²) in [6.07, 6.45) is 1.33. The van der Waals surface area contributed by atoms with E-state index in [1.807, 2.05) is 65.8 Å². The Kier molecular flexibility index (Phi) is 8.20. The van der Waals surface area contributed by atoms with E-state index in [2.05, 4.69) is 78.9 Å². The van der Waals surface area contributed by atoms with Crippen molar-refractivity contribution in [2.24, 2.45) is 10.8 Å². The van der Waals surface area contributed by atoms with Crippen molar-refractivity contribution in [3.63, 3.8) is 0 Å². The Morgan fingerprint density at radius 1 is 0.681 bits per heavy atom. The summed E-state index contributed by atoms with van der Waals surface area (Å²) in [6, 6.07) is 37.3. The van der Waals surface area contributed by atoms with Crippen LogP contribution in [0.15, 0.2) is 113 Å². The van der Waals surface area contributed by atoms with Gasteiger partial charge in [0, 0.05) is 53.2 Å². The summed E-state index contributed by atoms with van der Waals surface area (Å²) in [4.78, 5) is 16.4. The molecule has 0 unspecified atom stereocenters. The summed E-state index contributed by atoms with van der Waals surface area (Å²) >= 11 is 0. The van der Waals surface area contributed by atoms with Gasteiger partial charge >= 0.3 is 0 Å². The van der Waals surface area contributed by atoms with Crippen molar-refractivity contribution in [3.8, 4) is 11.3 Å². The van der Waals surface area contributed by atoms with Crippen LogP contribution < -0.4 is 0 Å². The van der Waals surface area contributed by atoms with Gasteiger partial charge in [-0.25, -0.2) is 0 Å². The van der Waals surface area contributed by atoms with Crippen molar-refractivity contribution in [3.05, 3.63) is 115 Å². The molecule has 8 aromatic rings. The number of hydrogen-bond donors (Lipinski definition) is 1. The largest absolute Gasteiger partial charge is 0.512 e. The van der Waals surface area contributed by atoms with Crippen LogP contribution in [-0.2, 0) is 24.9 Å². The van der Waals surface area contributed by atoms with Crippen LogP contribution in [0.2, 0.25) is 0 Å². The average molecular weight is 795 g/mol. The van der Waals surface area contributed by atoms with E-state index in [0.29, 0.717) is 0 Å². The molecule has 6 aromatic carbocycles. The molecule has 4 nitrogen and oxygen atoms in total. The second kappa shape index (κ2) is 11.9. The molecule has 0 spiro atoms. The van der Waals surface area contributed by atoms with Crippen LogP contribution in [0.25, 0.3) is 76.4 Å². The Bertz CT molecular complexity index is 2470. The number of carbonyl (C=O) groups is 1. The van der Waals surface area contributed by atoms with Crippen LogP contribution in [0, 0.1) is 16.9 Å². The van der Waals surface area contributed by atoms with Gasteiger partial charge in [-0.15, -0.1) is 18.2 Å². The molecule has 0 saturated heterocycles. The zero-order valence-corrected chi connectivity index (χ0v) is 29.8. The number of nitrogens with zero attached hydrogens (tertiary/aromatic N) is 1. The molecule has 0 aliphatic heterocycles. The second-order valence-electron chi connectivity index (χ2n) is 14.1. The number of carbonyl (C=O) groups excluding carboxylic acids is 1. The molecule has 8 rings (SSSR count). The number of aliphatic hydroxyl groups is 1. The minimum atomic E-state index is -0.417. The molecular weight excluding hydrogens is 759 g/mol. The third kappa shape index (κ3) is 5.69. The number of rotatable bonds is 2. The number of fused-ring (bicyclic) bond motifs is 6. The van der Waals surface area contributed by atoms with Gasteiger partial charge in [-0.3, -0.25) is 9.78 Å². The molecule has 0 bridgehead atoms. The van der Waals surface area contributed by atoms with Crippen molar-refractivity contribution in [1.82, 2.24) is 4.98 Å². The van der Waals surface area contributed by atoms with E-state index in [0.717, 1.165) is 49.5 Å². The van der Waals surface area contributed by atoms with Crippen molar-refractivity contribution in [1.29, 1.82) is 0 Å². The van der Waals surface area contributed by atoms with Crippen molar-refractivity contribution in [2.45, 2.75) is 41.5 Å². The fourth-order valence-corrected chi connectivity index (χ4v) is 6.03. The van der Waals surface area contributed by atoms with Gasteiger partial charge in [0.2, 0.25) is 0 Å². The standard InChI is InChI=1S/C31H16NO.C11H20O2.Ir/c1-2-13-25-18(6-1)16-17-26(32-25)21-9-5-12-24-29-22-10-3-7-19-14-15-20-8-4-11-23(28(20)27(19)22)31(29)33-30(21)24;1-10(2,3)8(12)7-9(13)11(4,5)6;/h1-8,10-17H;7,12H,1-6H3;/q-1;;/b;8-7-;. The van der Waals surface area contributed by atoms with Gasteiger partial charge in [0.25, 0.3) is 0 Å². The van der Waals surface area contributed by atoms with Crippen LogP contribution in [0.1, 0.15) is 41.5 Å². The van der Waals surface area contributed by atoms with Crippen molar-refractivity contribution < 1.29 is 34.4 Å². The minimum Gasteiger partial charge on any atom is -0.512 e. The Morgan fingerprint density at radius 3 is 1.96 bits per heavy atom. The normalized spacial score (nSPS) is 12.6. The summed E-state index contributed by atoms with van der Waals surface area (Å²) < 4.78 is 6.70. The molecule has 0 amide bonds. The first kappa shape index (κ1) is 32.4. The smallest absolute Gasteiger partial charge is 0.164 e. The molecular formula is C42H36IrNO3-. The first-order valence-corrected chi connectivity index (χ1v) is 15.7. The fourth-order valence-electron chi connectivity index (χ4n) is 6.03. The number of aromatic nitrogens is 1. The number of para-hydroxylation sites is 1. The topological polar surface area (TPSA) is 63.3 Å². The predicted octanol–water partition coefficient (Wildman–Crippen LogP) is 11.6. The maximum atomic E-state index is 11.5. The van der Waals surface area contributed by atoms with Crippen molar-refractivity contribution >= 4 is 70.9 Å². The van der Waals surface area contributed by atoms with Gasteiger partial charge in [0.05, 0.1) is 11.1 Å². The van der Waals surface area contributed by atoms with E-state index in [4.69, 9.17) is 9.40 Å². The molecule has 2 aromatic heterocycles. The van der Waals surface area contributed by atoms with Gasteiger partial charge < -0.3 is 9.52 Å². The zero-order valence-electron chi connectivity index (χ0n) is 27.4. The molecule has 237 valence electrons. The fraction of sp³-hybridized carbons (Fsp3) is 0.190. The number of pyridine rings is 1. The Morgan fingerprint density at radius 2 is 1.28 bits per heavy atom. The van der Waals surface area contributed by atoms with E-state index >= 15 is 0 Å². The SMILES string of the molecule is CC(C)(C)C(=O)/C=C(\O)C(C)(C)C.[Ir].[c-]1ccc2c(oc3c4cccc5ccc6cccc(c23)c6c54)c1-c1ccc2ccccc2n1. The van der Waals surface area contributed by atoms with E-state index in [-0.39, 0.29) is 37.1 Å². The molecule has 5 heteroatoms. The molecule has 1 N–H and O–H groups in total. The van der Waals surface area contributed by atoms with Crippen LogP contribution in [0.3, 0.4) is 0 Å². The Hall–Kier alpha value is -4.57. The number of furan rings is 1. The Balaban J connectivity index is 0.000000238. The molecule has 2 heterocycles. The van der Waals surface area contributed by atoms with Gasteiger partial charge in [-0.05, 0) is 38.7 Å². The van der Waals surface area contributed by atoms with E-state index in [1.54, 1.807) is 0 Å². The summed E-state index contributed by atoms with van der Waals surface area (Å²) in [5.41, 5.74) is 3.75. The van der Waals surface area contributed by atoms with Crippen LogP contribution >= 0.6 is 0 Å². The Labute approximate surface area is 287 Å². The molecule has 0 atom stereocenters. The first-order valence-electron chi connectivity index (χ1n) is 15.7. The van der Waals surface area contributed by atoms with Gasteiger partial charge in [-0.1, -0.05) is 131 Å². The maximum absolute atomic E-state index is 11.5. The average Bonchev–Trinajstić information content (AvgIpc) is 3.44. The van der Waals surface area contributed by atoms with Crippen molar-refractivity contribution in [2.75, 3.05) is 0 Å².